The third-order valence-electron chi connectivity index (χ3n) is 3.57. The molecule has 0 fully saturated rings. The van der Waals surface area contributed by atoms with Gasteiger partial charge in [0, 0.05) is 4.88 Å². The summed E-state index contributed by atoms with van der Waals surface area (Å²) < 4.78 is 24.7. The second-order valence-electron chi connectivity index (χ2n) is 5.36. The number of amides is 1. The van der Waals surface area contributed by atoms with E-state index in [0.717, 1.165) is 16.2 Å². The van der Waals surface area contributed by atoms with Crippen molar-refractivity contribution < 1.29 is 13.2 Å². The number of primary sulfonamides is 1. The van der Waals surface area contributed by atoms with E-state index in [1.807, 2.05) is 17.5 Å². The molecule has 0 spiro atoms. The number of rotatable bonds is 6. The summed E-state index contributed by atoms with van der Waals surface area (Å²) in [4.78, 5) is 14.1. The Bertz CT molecular complexity index is 1080. The number of aromatic amines is 1. The Morgan fingerprint density at radius 3 is 2.85 bits per heavy atom. The van der Waals surface area contributed by atoms with Gasteiger partial charge in [-0.15, -0.1) is 22.7 Å². The van der Waals surface area contributed by atoms with Crippen molar-refractivity contribution in [1.82, 2.24) is 20.1 Å². The maximum atomic E-state index is 12.5. The van der Waals surface area contributed by atoms with E-state index in [-0.39, 0.29) is 16.7 Å². The molecule has 138 valence electrons. The van der Waals surface area contributed by atoms with Gasteiger partial charge >= 0.3 is 0 Å². The van der Waals surface area contributed by atoms with Gasteiger partial charge < -0.3 is 5.32 Å². The SMILES string of the molecule is CC(C(=O)NCc1ccc(S(N)(=O)=O)s1)n1c(-c2cccs2)n[nH]c1=S. The molecule has 3 aromatic heterocycles. The first kappa shape index (κ1) is 18.9. The molecule has 0 saturated carbocycles. The Hall–Kier alpha value is -1.86. The number of nitrogens with two attached hydrogens (primary N) is 1. The Morgan fingerprint density at radius 2 is 2.23 bits per heavy atom. The largest absolute Gasteiger partial charge is 0.349 e. The van der Waals surface area contributed by atoms with Crippen LogP contribution < -0.4 is 10.5 Å². The minimum absolute atomic E-state index is 0.0619. The molecule has 0 aliphatic heterocycles. The summed E-state index contributed by atoms with van der Waals surface area (Å²) in [5.41, 5.74) is 0. The number of H-pyrrole nitrogens is 1. The van der Waals surface area contributed by atoms with Gasteiger partial charge in [-0.25, -0.2) is 13.6 Å². The molecular formula is C14H15N5O3S4. The van der Waals surface area contributed by atoms with Crippen LogP contribution in [0.1, 0.15) is 17.8 Å². The molecule has 1 atom stereocenters. The molecule has 1 unspecified atom stereocenters. The van der Waals surface area contributed by atoms with E-state index in [2.05, 4.69) is 15.5 Å². The fourth-order valence-electron chi connectivity index (χ4n) is 2.29. The lowest BCUT2D eigenvalue weighted by Gasteiger charge is -2.14. The number of nitrogens with zero attached hydrogens (tertiary/aromatic N) is 2. The van der Waals surface area contributed by atoms with Gasteiger partial charge in [0.15, 0.2) is 10.6 Å². The molecule has 8 nitrogen and oxygen atoms in total. The number of hydrogen-bond donors (Lipinski definition) is 3. The predicted octanol–water partition coefficient (Wildman–Crippen LogP) is 2.26. The Balaban J connectivity index is 1.74. The molecule has 26 heavy (non-hydrogen) atoms. The lowest BCUT2D eigenvalue weighted by molar-refractivity contribution is -0.124. The maximum Gasteiger partial charge on any atom is 0.247 e. The molecular weight excluding hydrogens is 414 g/mol. The van der Waals surface area contributed by atoms with E-state index in [1.54, 1.807) is 17.6 Å². The highest BCUT2D eigenvalue weighted by molar-refractivity contribution is 7.91. The zero-order valence-corrected chi connectivity index (χ0v) is 16.8. The van der Waals surface area contributed by atoms with Crippen LogP contribution in [-0.2, 0) is 21.4 Å². The molecule has 0 aliphatic rings. The Labute approximate surface area is 162 Å². The lowest BCUT2D eigenvalue weighted by atomic mass is 10.3. The number of carbonyl (C=O) groups is 1. The van der Waals surface area contributed by atoms with Crippen LogP contribution >= 0.6 is 34.9 Å². The third-order valence-corrected chi connectivity index (χ3v) is 7.24. The van der Waals surface area contributed by atoms with Gasteiger partial charge in [0.05, 0.1) is 11.4 Å². The minimum atomic E-state index is -3.73. The molecule has 0 saturated heterocycles. The minimum Gasteiger partial charge on any atom is -0.349 e. The first-order valence-electron chi connectivity index (χ1n) is 7.37. The van der Waals surface area contributed by atoms with Crippen LogP contribution in [0.4, 0.5) is 0 Å². The molecule has 1 amide bonds. The number of thiophene rings is 2. The van der Waals surface area contributed by atoms with Crippen LogP contribution in [0, 0.1) is 4.77 Å². The van der Waals surface area contributed by atoms with Crippen LogP contribution in [0.25, 0.3) is 10.7 Å². The highest BCUT2D eigenvalue weighted by Crippen LogP contribution is 2.26. The standard InChI is InChI=1S/C14H15N5O3S4/c1-8(19-12(17-18-14(19)23)10-3-2-6-24-10)13(20)16-7-9-4-5-11(25-9)26(15,21)22/h2-6,8H,7H2,1H3,(H,16,20)(H,18,23)(H2,15,21,22). The van der Waals surface area contributed by atoms with Crippen LogP contribution in [0.2, 0.25) is 0 Å². The van der Waals surface area contributed by atoms with Crippen LogP contribution in [0.3, 0.4) is 0 Å². The van der Waals surface area contributed by atoms with Crippen molar-refractivity contribution in [2.24, 2.45) is 5.14 Å². The van der Waals surface area contributed by atoms with Gasteiger partial charge in [-0.1, -0.05) is 6.07 Å². The number of sulfonamides is 1. The van der Waals surface area contributed by atoms with Gasteiger partial charge in [0.25, 0.3) is 0 Å². The fraction of sp³-hybridized carbons (Fsp3) is 0.214. The number of nitrogens with one attached hydrogen (secondary N) is 2. The van der Waals surface area contributed by atoms with E-state index >= 15 is 0 Å². The Kier molecular flexibility index (Phi) is 5.39. The first-order chi connectivity index (χ1) is 12.3. The summed E-state index contributed by atoms with van der Waals surface area (Å²) in [5.74, 6) is 0.339. The Morgan fingerprint density at radius 1 is 1.46 bits per heavy atom. The normalized spacial score (nSPS) is 12.8. The van der Waals surface area contributed by atoms with Crippen molar-refractivity contribution in [3.8, 4) is 10.7 Å². The number of aromatic nitrogens is 3. The summed E-state index contributed by atoms with van der Waals surface area (Å²) in [7, 11) is -3.73. The van der Waals surface area contributed by atoms with Gasteiger partial charge in [-0.2, -0.15) is 5.10 Å². The highest BCUT2D eigenvalue weighted by atomic mass is 32.2. The summed E-state index contributed by atoms with van der Waals surface area (Å²) in [5, 5.41) is 16.7. The zero-order chi connectivity index (χ0) is 18.9. The lowest BCUT2D eigenvalue weighted by Crippen LogP contribution is -2.30. The van der Waals surface area contributed by atoms with E-state index in [1.165, 1.54) is 17.4 Å². The molecule has 3 rings (SSSR count). The summed E-state index contributed by atoms with van der Waals surface area (Å²) in [6.45, 7) is 1.92. The summed E-state index contributed by atoms with van der Waals surface area (Å²) >= 11 is 7.78. The maximum absolute atomic E-state index is 12.5. The smallest absolute Gasteiger partial charge is 0.247 e. The second-order valence-corrected chi connectivity index (χ2v) is 9.65. The van der Waals surface area contributed by atoms with Gasteiger partial charge in [0.2, 0.25) is 15.9 Å². The van der Waals surface area contributed by atoms with Crippen molar-refractivity contribution in [3.05, 3.63) is 39.3 Å². The van der Waals surface area contributed by atoms with E-state index < -0.39 is 16.1 Å². The number of hydrogen-bond acceptors (Lipinski definition) is 7. The third kappa shape index (κ3) is 3.94. The fourth-order valence-corrected chi connectivity index (χ4v) is 5.01. The highest BCUT2D eigenvalue weighted by Gasteiger charge is 2.21. The summed E-state index contributed by atoms with van der Waals surface area (Å²) in [6.07, 6.45) is 0. The zero-order valence-electron chi connectivity index (χ0n) is 13.5. The van der Waals surface area contributed by atoms with Crippen LogP contribution in [-0.4, -0.2) is 29.1 Å². The monoisotopic (exact) mass is 429 g/mol. The second kappa shape index (κ2) is 7.40. The summed E-state index contributed by atoms with van der Waals surface area (Å²) in [6, 6.07) is 6.25. The van der Waals surface area contributed by atoms with Gasteiger partial charge in [-0.05, 0) is 42.7 Å². The molecule has 0 bridgehead atoms. The van der Waals surface area contributed by atoms with E-state index in [4.69, 9.17) is 17.4 Å². The van der Waals surface area contributed by atoms with Crippen LogP contribution in [0.15, 0.2) is 33.9 Å². The average Bonchev–Trinajstić information content (AvgIpc) is 3.31. The quantitative estimate of drug-likeness (QED) is 0.519. The van der Waals surface area contributed by atoms with Crippen molar-refractivity contribution in [2.75, 3.05) is 0 Å². The van der Waals surface area contributed by atoms with Crippen molar-refractivity contribution in [2.45, 2.75) is 23.7 Å². The molecule has 3 heterocycles. The predicted molar refractivity (Wildman–Crippen MR) is 103 cm³/mol. The van der Waals surface area contributed by atoms with E-state index in [0.29, 0.717) is 15.5 Å². The molecule has 0 aromatic carbocycles. The van der Waals surface area contributed by atoms with Gasteiger partial charge in [0.1, 0.15) is 10.3 Å². The first-order valence-corrected chi connectivity index (χ1v) is 11.0. The molecule has 3 aromatic rings. The molecule has 12 heteroatoms. The molecule has 4 N–H and O–H groups in total. The topological polar surface area (TPSA) is 123 Å². The van der Waals surface area contributed by atoms with Crippen molar-refractivity contribution in [3.63, 3.8) is 0 Å². The van der Waals surface area contributed by atoms with E-state index in [9.17, 15) is 13.2 Å². The van der Waals surface area contributed by atoms with Gasteiger partial charge in [-0.3, -0.25) is 14.5 Å². The molecule has 0 aliphatic carbocycles. The number of carbonyl (C=O) groups excluding carboxylic acids is 1. The van der Waals surface area contributed by atoms with Crippen molar-refractivity contribution in [1.29, 1.82) is 0 Å². The van der Waals surface area contributed by atoms with Crippen molar-refractivity contribution >= 4 is 50.8 Å². The average molecular weight is 430 g/mol. The van der Waals surface area contributed by atoms with Crippen LogP contribution in [0.5, 0.6) is 0 Å². The molecule has 0 radical (unpaired) electrons.